The van der Waals surface area contributed by atoms with E-state index in [1.54, 1.807) is 6.20 Å². The second-order valence-corrected chi connectivity index (χ2v) is 7.36. The van der Waals surface area contributed by atoms with Crippen molar-refractivity contribution in [2.45, 2.75) is 9.92 Å². The number of hydrogen-bond acceptors (Lipinski definition) is 6. The number of hydrogen-bond donors (Lipinski definition) is 2. The Hall–Kier alpha value is -2.64. The number of nitrogens with two attached hydrogens (primary N) is 1. The molecular formula is C19H14BrN5S. The molecule has 2 aromatic carbocycles. The van der Waals surface area contributed by atoms with Gasteiger partial charge < -0.3 is 11.1 Å². The van der Waals surface area contributed by atoms with E-state index in [0.717, 1.165) is 26.0 Å². The molecule has 26 heavy (non-hydrogen) atoms. The number of nitrogens with one attached hydrogen (secondary N) is 1. The van der Waals surface area contributed by atoms with E-state index in [1.807, 2.05) is 54.6 Å². The van der Waals surface area contributed by atoms with E-state index in [0.29, 0.717) is 16.5 Å². The third-order valence-corrected chi connectivity index (χ3v) is 5.54. The van der Waals surface area contributed by atoms with E-state index >= 15 is 0 Å². The third-order valence-electron chi connectivity index (χ3n) is 3.78. The molecule has 0 unspecified atom stereocenters. The van der Waals surface area contributed by atoms with Crippen LogP contribution in [0.1, 0.15) is 0 Å². The Bertz CT molecular complexity index is 1080. The lowest BCUT2D eigenvalue weighted by Gasteiger charge is -2.12. The Morgan fingerprint density at radius 2 is 1.77 bits per heavy atom. The minimum atomic E-state index is 0.501. The van der Waals surface area contributed by atoms with Crippen molar-refractivity contribution in [2.75, 3.05) is 11.1 Å². The molecule has 0 spiro atoms. The van der Waals surface area contributed by atoms with E-state index in [-0.39, 0.29) is 0 Å². The molecule has 0 fully saturated rings. The zero-order valence-electron chi connectivity index (χ0n) is 13.6. The molecule has 0 bridgehead atoms. The van der Waals surface area contributed by atoms with Crippen LogP contribution >= 0.6 is 27.7 Å². The van der Waals surface area contributed by atoms with Crippen LogP contribution in [-0.4, -0.2) is 15.0 Å². The van der Waals surface area contributed by atoms with Crippen LogP contribution in [0.15, 0.2) is 81.5 Å². The second kappa shape index (κ2) is 7.31. The van der Waals surface area contributed by atoms with Crippen LogP contribution in [0.4, 0.5) is 17.2 Å². The molecule has 4 aromatic rings. The molecule has 0 aliphatic rings. The number of anilines is 3. The van der Waals surface area contributed by atoms with Gasteiger partial charge in [0.15, 0.2) is 5.82 Å². The Morgan fingerprint density at radius 1 is 0.923 bits per heavy atom. The van der Waals surface area contributed by atoms with Gasteiger partial charge in [0.05, 0.1) is 11.2 Å². The Kier molecular flexibility index (Phi) is 4.73. The van der Waals surface area contributed by atoms with Crippen LogP contribution in [0.25, 0.3) is 10.9 Å². The molecule has 0 atom stereocenters. The summed E-state index contributed by atoms with van der Waals surface area (Å²) >= 11 is 5.00. The molecular weight excluding hydrogens is 410 g/mol. The van der Waals surface area contributed by atoms with Gasteiger partial charge in [-0.2, -0.15) is 0 Å². The summed E-state index contributed by atoms with van der Waals surface area (Å²) < 4.78 is 0.936. The molecule has 4 rings (SSSR count). The number of rotatable bonds is 4. The van der Waals surface area contributed by atoms with Crippen molar-refractivity contribution in [3.05, 3.63) is 71.6 Å². The summed E-state index contributed by atoms with van der Waals surface area (Å²) in [4.78, 5) is 14.1. The van der Waals surface area contributed by atoms with Crippen LogP contribution in [0.2, 0.25) is 0 Å². The maximum absolute atomic E-state index is 6.33. The quantitative estimate of drug-likeness (QED) is 0.435. The van der Waals surface area contributed by atoms with Crippen molar-refractivity contribution in [1.82, 2.24) is 15.0 Å². The standard InChI is InChI=1S/C19H14BrN5S/c20-13-7-1-2-8-14(13)25-18-16(21)19(24-11-23-18)26-15-9-3-5-12-6-4-10-22-17(12)15/h1-11H,21H2,(H,23,24,25). The van der Waals surface area contributed by atoms with Crippen molar-refractivity contribution >= 4 is 55.8 Å². The molecule has 0 aliphatic carbocycles. The maximum atomic E-state index is 6.33. The van der Waals surface area contributed by atoms with Crippen LogP contribution in [0.3, 0.4) is 0 Å². The SMILES string of the molecule is Nc1c(Nc2ccccc2Br)ncnc1Sc1cccc2cccnc12. The van der Waals surface area contributed by atoms with Crippen LogP contribution in [-0.2, 0) is 0 Å². The van der Waals surface area contributed by atoms with Gasteiger partial charge in [-0.05, 0) is 40.2 Å². The number of fused-ring (bicyclic) bond motifs is 1. The molecule has 0 aliphatic heterocycles. The highest BCUT2D eigenvalue weighted by Gasteiger charge is 2.12. The first-order valence-corrected chi connectivity index (χ1v) is 9.47. The predicted octanol–water partition coefficient (Wildman–Crippen LogP) is 5.26. The minimum Gasteiger partial charge on any atom is -0.394 e. The topological polar surface area (TPSA) is 76.7 Å². The number of nitrogen functional groups attached to an aromatic ring is 1. The first-order chi connectivity index (χ1) is 12.7. The van der Waals surface area contributed by atoms with Crippen LogP contribution in [0, 0.1) is 0 Å². The lowest BCUT2D eigenvalue weighted by molar-refractivity contribution is 1.06. The number of pyridine rings is 1. The maximum Gasteiger partial charge on any atom is 0.158 e. The molecule has 5 nitrogen and oxygen atoms in total. The molecule has 0 amide bonds. The molecule has 0 saturated heterocycles. The summed E-state index contributed by atoms with van der Waals surface area (Å²) in [6.07, 6.45) is 3.30. The van der Waals surface area contributed by atoms with Gasteiger partial charge in [0.25, 0.3) is 0 Å². The van der Waals surface area contributed by atoms with Gasteiger partial charge in [0.2, 0.25) is 0 Å². The highest BCUT2D eigenvalue weighted by atomic mass is 79.9. The lowest BCUT2D eigenvalue weighted by Crippen LogP contribution is -2.02. The van der Waals surface area contributed by atoms with Gasteiger partial charge in [-0.1, -0.05) is 42.1 Å². The number of para-hydroxylation sites is 2. The van der Waals surface area contributed by atoms with Crippen LogP contribution in [0.5, 0.6) is 0 Å². The Labute approximate surface area is 163 Å². The highest BCUT2D eigenvalue weighted by Crippen LogP contribution is 2.37. The van der Waals surface area contributed by atoms with E-state index in [4.69, 9.17) is 5.73 Å². The average Bonchev–Trinajstić information content (AvgIpc) is 2.67. The Morgan fingerprint density at radius 3 is 2.65 bits per heavy atom. The van der Waals surface area contributed by atoms with Crippen molar-refractivity contribution in [3.63, 3.8) is 0 Å². The fourth-order valence-corrected chi connectivity index (χ4v) is 3.83. The fraction of sp³-hybridized carbons (Fsp3) is 0. The van der Waals surface area contributed by atoms with Crippen molar-refractivity contribution in [3.8, 4) is 0 Å². The lowest BCUT2D eigenvalue weighted by atomic mass is 10.2. The van der Waals surface area contributed by atoms with Gasteiger partial charge in [-0.15, -0.1) is 0 Å². The van der Waals surface area contributed by atoms with E-state index in [9.17, 15) is 0 Å². The molecule has 2 aromatic heterocycles. The molecule has 0 saturated carbocycles. The molecule has 3 N–H and O–H groups in total. The average molecular weight is 424 g/mol. The summed E-state index contributed by atoms with van der Waals surface area (Å²) in [6, 6.07) is 17.8. The highest BCUT2D eigenvalue weighted by molar-refractivity contribution is 9.10. The number of nitrogens with zero attached hydrogens (tertiary/aromatic N) is 3. The first-order valence-electron chi connectivity index (χ1n) is 7.86. The minimum absolute atomic E-state index is 0.501. The zero-order valence-corrected chi connectivity index (χ0v) is 16.0. The molecule has 128 valence electrons. The Balaban J connectivity index is 1.69. The summed E-state index contributed by atoms with van der Waals surface area (Å²) in [5, 5.41) is 5.02. The van der Waals surface area contributed by atoms with Crippen LogP contribution < -0.4 is 11.1 Å². The number of aromatic nitrogens is 3. The molecule has 0 radical (unpaired) electrons. The summed E-state index contributed by atoms with van der Waals surface area (Å²) in [5.74, 6) is 0.572. The number of halogens is 1. The fourth-order valence-electron chi connectivity index (χ4n) is 2.51. The van der Waals surface area contributed by atoms with Gasteiger partial charge in [0.1, 0.15) is 17.0 Å². The second-order valence-electron chi connectivity index (χ2n) is 5.48. The van der Waals surface area contributed by atoms with E-state index < -0.39 is 0 Å². The van der Waals surface area contributed by atoms with E-state index in [2.05, 4.69) is 36.2 Å². The molecule has 2 heterocycles. The van der Waals surface area contributed by atoms with Crippen molar-refractivity contribution in [2.24, 2.45) is 0 Å². The zero-order chi connectivity index (χ0) is 17.9. The van der Waals surface area contributed by atoms with E-state index in [1.165, 1.54) is 18.1 Å². The normalized spacial score (nSPS) is 10.8. The van der Waals surface area contributed by atoms with Crippen molar-refractivity contribution in [1.29, 1.82) is 0 Å². The smallest absolute Gasteiger partial charge is 0.158 e. The van der Waals surface area contributed by atoms with Gasteiger partial charge >= 0.3 is 0 Å². The monoisotopic (exact) mass is 423 g/mol. The summed E-state index contributed by atoms with van der Waals surface area (Å²) in [7, 11) is 0. The predicted molar refractivity (Wildman–Crippen MR) is 110 cm³/mol. The van der Waals surface area contributed by atoms with Crippen molar-refractivity contribution < 1.29 is 0 Å². The largest absolute Gasteiger partial charge is 0.394 e. The van der Waals surface area contributed by atoms with Gasteiger partial charge in [-0.25, -0.2) is 9.97 Å². The molecule has 7 heteroatoms. The summed E-state index contributed by atoms with van der Waals surface area (Å²) in [5.41, 5.74) is 8.65. The third kappa shape index (κ3) is 3.36. The van der Waals surface area contributed by atoms with Gasteiger partial charge in [-0.3, -0.25) is 4.98 Å². The summed E-state index contributed by atoms with van der Waals surface area (Å²) in [6.45, 7) is 0. The van der Waals surface area contributed by atoms with Gasteiger partial charge in [0, 0.05) is 21.0 Å². The first kappa shape index (κ1) is 16.8. The number of benzene rings is 2.